The first kappa shape index (κ1) is 14.2. The minimum absolute atomic E-state index is 0.154. The van der Waals surface area contributed by atoms with Gasteiger partial charge in [0.25, 0.3) is 0 Å². The molecule has 3 aromatic rings. The van der Waals surface area contributed by atoms with Gasteiger partial charge >= 0.3 is 5.97 Å². The predicted molar refractivity (Wildman–Crippen MR) is 84.6 cm³/mol. The van der Waals surface area contributed by atoms with Crippen LogP contribution in [0.1, 0.15) is 15.9 Å². The van der Waals surface area contributed by atoms with Crippen LogP contribution in [0.5, 0.6) is 0 Å². The van der Waals surface area contributed by atoms with Crippen LogP contribution in [0.25, 0.3) is 10.4 Å². The molecular weight excluding hydrogens is 300 g/mol. The highest BCUT2D eigenvalue weighted by Gasteiger charge is 2.10. The first-order valence-corrected chi connectivity index (χ1v) is 7.28. The number of anilines is 2. The summed E-state index contributed by atoms with van der Waals surface area (Å²) in [6, 6.07) is 5.42. The number of carboxylic acid groups (broad SMARTS) is 1. The van der Waals surface area contributed by atoms with Gasteiger partial charge < -0.3 is 10.4 Å². The second-order valence-electron chi connectivity index (χ2n) is 4.59. The van der Waals surface area contributed by atoms with Gasteiger partial charge in [0.1, 0.15) is 5.82 Å². The van der Waals surface area contributed by atoms with Gasteiger partial charge in [-0.2, -0.15) is 0 Å². The van der Waals surface area contributed by atoms with Crippen LogP contribution in [-0.4, -0.2) is 26.0 Å². The highest BCUT2D eigenvalue weighted by Crippen LogP contribution is 2.30. The lowest BCUT2D eigenvalue weighted by atomic mass is 10.2. The third kappa shape index (κ3) is 2.94. The summed E-state index contributed by atoms with van der Waals surface area (Å²) in [7, 11) is 0. The summed E-state index contributed by atoms with van der Waals surface area (Å²) in [5, 5.41) is 12.9. The lowest BCUT2D eigenvalue weighted by molar-refractivity contribution is 0.0696. The quantitative estimate of drug-likeness (QED) is 0.768. The first-order valence-electron chi connectivity index (χ1n) is 6.46. The molecule has 0 atom stereocenters. The second kappa shape index (κ2) is 5.90. The van der Waals surface area contributed by atoms with Crippen LogP contribution in [0, 0.1) is 6.92 Å². The fourth-order valence-electron chi connectivity index (χ4n) is 1.87. The van der Waals surface area contributed by atoms with E-state index in [1.54, 1.807) is 24.7 Å². The number of nitrogens with zero attached hydrogens (tertiary/aromatic N) is 3. The number of aryl methyl sites for hydroxylation is 1. The molecule has 0 fully saturated rings. The van der Waals surface area contributed by atoms with Crippen LogP contribution in [-0.2, 0) is 0 Å². The first-order chi connectivity index (χ1) is 10.6. The van der Waals surface area contributed by atoms with Gasteiger partial charge in [0.2, 0.25) is 0 Å². The molecular formula is C15H12N4O2S. The Bertz CT molecular complexity index is 832. The van der Waals surface area contributed by atoms with Gasteiger partial charge in [0.15, 0.2) is 5.13 Å². The Labute approximate surface area is 130 Å². The van der Waals surface area contributed by atoms with E-state index in [1.807, 2.05) is 19.1 Å². The Morgan fingerprint density at radius 3 is 2.91 bits per heavy atom. The minimum atomic E-state index is -0.999. The number of hydrogen-bond donors (Lipinski definition) is 2. The Kier molecular flexibility index (Phi) is 3.80. The van der Waals surface area contributed by atoms with Crippen molar-refractivity contribution in [2.24, 2.45) is 0 Å². The van der Waals surface area contributed by atoms with Crippen molar-refractivity contribution in [3.63, 3.8) is 0 Å². The molecule has 0 unspecified atom stereocenters. The number of thiazole rings is 1. The van der Waals surface area contributed by atoms with E-state index < -0.39 is 5.97 Å². The Morgan fingerprint density at radius 1 is 1.27 bits per heavy atom. The molecule has 3 aromatic heterocycles. The van der Waals surface area contributed by atoms with Crippen LogP contribution in [0.2, 0.25) is 0 Å². The van der Waals surface area contributed by atoms with Crippen molar-refractivity contribution in [2.75, 3.05) is 5.32 Å². The molecule has 0 aromatic carbocycles. The largest absolute Gasteiger partial charge is 0.478 e. The van der Waals surface area contributed by atoms with Gasteiger partial charge in [-0.25, -0.2) is 14.8 Å². The van der Waals surface area contributed by atoms with Crippen molar-refractivity contribution in [1.82, 2.24) is 15.0 Å². The number of hydrogen-bond acceptors (Lipinski definition) is 6. The molecule has 0 aliphatic carbocycles. The maximum atomic E-state index is 11.0. The third-order valence-corrected chi connectivity index (χ3v) is 3.97. The summed E-state index contributed by atoms with van der Waals surface area (Å²) in [5.41, 5.74) is 1.90. The maximum absolute atomic E-state index is 11.0. The van der Waals surface area contributed by atoms with Gasteiger partial charge in [-0.05, 0) is 24.6 Å². The smallest absolute Gasteiger partial charge is 0.337 e. The van der Waals surface area contributed by atoms with E-state index in [4.69, 9.17) is 5.11 Å². The zero-order valence-corrected chi connectivity index (χ0v) is 12.5. The minimum Gasteiger partial charge on any atom is -0.478 e. The SMILES string of the molecule is Cc1cccnc1Nc1ncc(-c2cncc(C(=O)O)c2)s1. The number of carboxylic acids is 1. The molecule has 3 heterocycles. The molecule has 7 heteroatoms. The summed E-state index contributed by atoms with van der Waals surface area (Å²) in [4.78, 5) is 24.3. The zero-order valence-electron chi connectivity index (χ0n) is 11.6. The fourth-order valence-corrected chi connectivity index (χ4v) is 2.67. The summed E-state index contributed by atoms with van der Waals surface area (Å²) in [6.07, 6.45) is 6.34. The van der Waals surface area contributed by atoms with Crippen molar-refractivity contribution in [2.45, 2.75) is 6.92 Å². The maximum Gasteiger partial charge on any atom is 0.337 e. The Hall–Kier alpha value is -2.80. The van der Waals surface area contributed by atoms with Crippen LogP contribution >= 0.6 is 11.3 Å². The highest BCUT2D eigenvalue weighted by atomic mass is 32.1. The number of carbonyl (C=O) groups is 1. The molecule has 0 bridgehead atoms. The summed E-state index contributed by atoms with van der Waals surface area (Å²) >= 11 is 1.41. The van der Waals surface area contributed by atoms with Crippen LogP contribution < -0.4 is 5.32 Å². The third-order valence-electron chi connectivity index (χ3n) is 3.01. The number of nitrogens with one attached hydrogen (secondary N) is 1. The Balaban J connectivity index is 1.86. The van der Waals surface area contributed by atoms with Gasteiger partial charge in [-0.1, -0.05) is 17.4 Å². The molecule has 3 rings (SSSR count). The van der Waals surface area contributed by atoms with Crippen molar-refractivity contribution in [1.29, 1.82) is 0 Å². The summed E-state index contributed by atoms with van der Waals surface area (Å²) in [5.74, 6) is -0.248. The van der Waals surface area contributed by atoms with E-state index in [2.05, 4.69) is 20.3 Å². The number of pyridine rings is 2. The average molecular weight is 312 g/mol. The molecule has 0 saturated heterocycles. The summed E-state index contributed by atoms with van der Waals surface area (Å²) in [6.45, 7) is 1.96. The van der Waals surface area contributed by atoms with Crippen LogP contribution in [0.15, 0.2) is 43.0 Å². The molecule has 0 aliphatic heterocycles. The standard InChI is InChI=1S/C15H12N4O2S/c1-9-3-2-4-17-13(9)19-15-18-8-12(22-15)10-5-11(14(20)21)7-16-6-10/h2-8H,1H3,(H,20,21)(H,17,18,19). The van der Waals surface area contributed by atoms with Gasteiger partial charge in [0.05, 0.1) is 10.4 Å². The molecule has 22 heavy (non-hydrogen) atoms. The average Bonchev–Trinajstić information content (AvgIpc) is 2.98. The van der Waals surface area contributed by atoms with Crippen molar-refractivity contribution >= 4 is 28.3 Å². The molecule has 0 saturated carbocycles. The zero-order chi connectivity index (χ0) is 15.5. The van der Waals surface area contributed by atoms with E-state index >= 15 is 0 Å². The normalized spacial score (nSPS) is 10.4. The molecule has 6 nitrogen and oxygen atoms in total. The molecule has 0 aliphatic rings. The van der Waals surface area contributed by atoms with E-state index in [9.17, 15) is 4.79 Å². The topological polar surface area (TPSA) is 88.0 Å². The summed E-state index contributed by atoms with van der Waals surface area (Å²) < 4.78 is 0. The highest BCUT2D eigenvalue weighted by molar-refractivity contribution is 7.18. The number of aromatic nitrogens is 3. The van der Waals surface area contributed by atoms with E-state index in [0.29, 0.717) is 5.13 Å². The molecule has 110 valence electrons. The van der Waals surface area contributed by atoms with Gasteiger partial charge in [0, 0.05) is 30.4 Å². The van der Waals surface area contributed by atoms with E-state index in [0.717, 1.165) is 21.8 Å². The van der Waals surface area contributed by atoms with Crippen LogP contribution in [0.3, 0.4) is 0 Å². The molecule has 0 amide bonds. The van der Waals surface area contributed by atoms with Crippen molar-refractivity contribution < 1.29 is 9.90 Å². The number of aromatic carboxylic acids is 1. The predicted octanol–water partition coefficient (Wildman–Crippen LogP) is 3.35. The van der Waals surface area contributed by atoms with Gasteiger partial charge in [-0.3, -0.25) is 4.98 Å². The molecule has 0 spiro atoms. The number of rotatable bonds is 4. The lowest BCUT2D eigenvalue weighted by Gasteiger charge is -2.03. The molecule has 2 N–H and O–H groups in total. The van der Waals surface area contributed by atoms with E-state index in [1.165, 1.54) is 17.5 Å². The van der Waals surface area contributed by atoms with Crippen molar-refractivity contribution in [3.05, 3.63) is 54.1 Å². The van der Waals surface area contributed by atoms with Gasteiger partial charge in [-0.15, -0.1) is 0 Å². The second-order valence-corrected chi connectivity index (χ2v) is 5.62. The van der Waals surface area contributed by atoms with Crippen molar-refractivity contribution in [3.8, 4) is 10.4 Å². The van der Waals surface area contributed by atoms with E-state index in [-0.39, 0.29) is 5.56 Å². The fraction of sp³-hybridized carbons (Fsp3) is 0.0667. The molecule has 0 radical (unpaired) electrons. The lowest BCUT2D eigenvalue weighted by Crippen LogP contribution is -1.96. The monoisotopic (exact) mass is 312 g/mol. The Morgan fingerprint density at radius 2 is 2.14 bits per heavy atom. The van der Waals surface area contributed by atoms with Crippen LogP contribution in [0.4, 0.5) is 10.9 Å².